The monoisotopic (exact) mass is 461 g/mol. The summed E-state index contributed by atoms with van der Waals surface area (Å²) in [7, 11) is -4.14. The van der Waals surface area contributed by atoms with Crippen molar-refractivity contribution in [2.45, 2.75) is 38.3 Å². The minimum atomic E-state index is -3.77. The Morgan fingerprint density at radius 2 is 1.84 bits per heavy atom. The minimum absolute atomic E-state index is 0.0227. The van der Waals surface area contributed by atoms with E-state index in [0.717, 1.165) is 0 Å². The average molecular weight is 462 g/mol. The van der Waals surface area contributed by atoms with E-state index in [1.165, 1.54) is 23.5 Å². The van der Waals surface area contributed by atoms with E-state index in [4.69, 9.17) is 4.74 Å². The molecular formula is C23H28FNO4SSi. The molecule has 0 bridgehead atoms. The molecule has 0 N–H and O–H groups in total. The van der Waals surface area contributed by atoms with E-state index in [1.807, 2.05) is 6.07 Å². The second-order valence-electron chi connectivity index (χ2n) is 8.92. The normalized spacial score (nSPS) is 17.5. The van der Waals surface area contributed by atoms with E-state index in [1.54, 1.807) is 36.4 Å². The van der Waals surface area contributed by atoms with Gasteiger partial charge in [0.2, 0.25) is 10.0 Å². The third-order valence-corrected chi connectivity index (χ3v) is 9.22. The smallest absolute Gasteiger partial charge is 0.335 e. The van der Waals surface area contributed by atoms with Crippen molar-refractivity contribution in [1.82, 2.24) is 4.31 Å². The Bertz CT molecular complexity index is 1090. The van der Waals surface area contributed by atoms with Crippen LogP contribution in [0.3, 0.4) is 0 Å². The van der Waals surface area contributed by atoms with Crippen molar-refractivity contribution >= 4 is 30.1 Å². The summed E-state index contributed by atoms with van der Waals surface area (Å²) in [6, 6.07) is 12.9. The molecule has 0 fully saturated rings. The van der Waals surface area contributed by atoms with Crippen LogP contribution in [0, 0.1) is 5.82 Å². The lowest BCUT2D eigenvalue weighted by molar-refractivity contribution is -0.136. The highest BCUT2D eigenvalue weighted by Gasteiger charge is 2.39. The summed E-state index contributed by atoms with van der Waals surface area (Å²) in [6.07, 6.45) is 1.62. The molecule has 2 aromatic rings. The van der Waals surface area contributed by atoms with E-state index in [9.17, 15) is 17.6 Å². The van der Waals surface area contributed by atoms with Gasteiger partial charge in [-0.05, 0) is 40.9 Å². The summed E-state index contributed by atoms with van der Waals surface area (Å²) in [5, 5.41) is 0. The summed E-state index contributed by atoms with van der Waals surface area (Å²) < 4.78 is 47.6. The van der Waals surface area contributed by atoms with E-state index in [2.05, 4.69) is 19.6 Å². The standard InChI is InChI=1S/C23H28FNO4SSi/c1-29-23(26)21-15-18-10-11-20(24)14-19(18)16-25(22(21)17-8-6-5-7-9-17)30(27,28)12-13-31(2,3)4/h5-11,14-15,22H,12-13,16H2,1-4H3. The van der Waals surface area contributed by atoms with Gasteiger partial charge in [-0.15, -0.1) is 0 Å². The Balaban J connectivity index is 2.21. The molecule has 1 unspecified atom stereocenters. The quantitative estimate of drug-likeness (QED) is 0.466. The second kappa shape index (κ2) is 9.06. The number of benzene rings is 2. The molecule has 8 heteroatoms. The number of hydrogen-bond acceptors (Lipinski definition) is 4. The number of methoxy groups -OCH3 is 1. The lowest BCUT2D eigenvalue weighted by Crippen LogP contribution is -2.39. The van der Waals surface area contributed by atoms with Gasteiger partial charge in [-0.25, -0.2) is 17.6 Å². The predicted molar refractivity (Wildman–Crippen MR) is 123 cm³/mol. The van der Waals surface area contributed by atoms with Crippen LogP contribution >= 0.6 is 0 Å². The van der Waals surface area contributed by atoms with Crippen LogP contribution < -0.4 is 0 Å². The van der Waals surface area contributed by atoms with Crippen LogP contribution in [0.1, 0.15) is 22.7 Å². The highest BCUT2D eigenvalue weighted by Crippen LogP contribution is 2.38. The number of esters is 1. The number of hydrogen-bond donors (Lipinski definition) is 0. The third-order valence-electron chi connectivity index (χ3n) is 5.33. The first-order valence-corrected chi connectivity index (χ1v) is 15.5. The van der Waals surface area contributed by atoms with Gasteiger partial charge in [-0.3, -0.25) is 0 Å². The number of nitrogens with zero attached hydrogens (tertiary/aromatic N) is 1. The number of halogens is 1. The van der Waals surface area contributed by atoms with Crippen LogP contribution in [0.5, 0.6) is 0 Å². The number of carbonyl (C=O) groups is 1. The van der Waals surface area contributed by atoms with Gasteiger partial charge < -0.3 is 4.74 Å². The molecule has 31 heavy (non-hydrogen) atoms. The Labute approximate surface area is 184 Å². The van der Waals surface area contributed by atoms with Gasteiger partial charge in [-0.2, -0.15) is 4.31 Å². The maximum Gasteiger partial charge on any atom is 0.335 e. The molecule has 0 saturated carbocycles. The second-order valence-corrected chi connectivity index (χ2v) is 16.6. The topological polar surface area (TPSA) is 63.7 Å². The fraction of sp³-hybridized carbons (Fsp3) is 0.348. The van der Waals surface area contributed by atoms with Crippen LogP contribution in [0.25, 0.3) is 6.08 Å². The largest absolute Gasteiger partial charge is 0.466 e. The van der Waals surface area contributed by atoms with Crippen molar-refractivity contribution in [1.29, 1.82) is 0 Å². The first kappa shape index (κ1) is 23.4. The zero-order chi connectivity index (χ0) is 22.8. The molecule has 1 aliphatic heterocycles. The zero-order valence-corrected chi connectivity index (χ0v) is 20.1. The van der Waals surface area contributed by atoms with Crippen molar-refractivity contribution in [3.8, 4) is 0 Å². The Morgan fingerprint density at radius 1 is 1.16 bits per heavy atom. The van der Waals surface area contributed by atoms with Crippen LogP contribution in [-0.2, 0) is 26.1 Å². The number of ether oxygens (including phenoxy) is 1. The van der Waals surface area contributed by atoms with Gasteiger partial charge in [0.15, 0.2) is 0 Å². The summed E-state index contributed by atoms with van der Waals surface area (Å²) in [5.41, 5.74) is 1.97. The maximum atomic E-state index is 14.0. The number of carbonyl (C=O) groups excluding carboxylic acids is 1. The molecule has 0 aliphatic carbocycles. The van der Waals surface area contributed by atoms with Gasteiger partial charge in [0, 0.05) is 14.6 Å². The Hall–Kier alpha value is -2.29. The van der Waals surface area contributed by atoms with Gasteiger partial charge >= 0.3 is 5.97 Å². The molecular weight excluding hydrogens is 433 g/mol. The molecule has 0 amide bonds. The van der Waals surface area contributed by atoms with Crippen LogP contribution in [0.4, 0.5) is 4.39 Å². The van der Waals surface area contributed by atoms with E-state index < -0.39 is 35.9 Å². The molecule has 0 saturated heterocycles. The molecule has 2 aromatic carbocycles. The zero-order valence-electron chi connectivity index (χ0n) is 18.3. The highest BCUT2D eigenvalue weighted by molar-refractivity contribution is 7.89. The summed E-state index contributed by atoms with van der Waals surface area (Å²) in [6.45, 7) is 6.32. The Kier molecular flexibility index (Phi) is 6.83. The maximum absolute atomic E-state index is 14.0. The van der Waals surface area contributed by atoms with Crippen LogP contribution in [0.2, 0.25) is 25.7 Å². The molecule has 0 spiro atoms. The fourth-order valence-electron chi connectivity index (χ4n) is 3.59. The van der Waals surface area contributed by atoms with Crippen molar-refractivity contribution < 1.29 is 22.3 Å². The molecule has 1 aliphatic rings. The van der Waals surface area contributed by atoms with Crippen molar-refractivity contribution in [3.05, 3.63) is 76.6 Å². The minimum Gasteiger partial charge on any atom is -0.466 e. The van der Waals surface area contributed by atoms with Gasteiger partial charge in [-0.1, -0.05) is 56.0 Å². The van der Waals surface area contributed by atoms with E-state index in [0.29, 0.717) is 22.7 Å². The van der Waals surface area contributed by atoms with Crippen molar-refractivity contribution in [2.75, 3.05) is 12.9 Å². The lowest BCUT2D eigenvalue weighted by atomic mass is 9.97. The van der Waals surface area contributed by atoms with Gasteiger partial charge in [0.25, 0.3) is 0 Å². The molecule has 3 rings (SSSR count). The molecule has 0 aromatic heterocycles. The van der Waals surface area contributed by atoms with Crippen LogP contribution in [-0.4, -0.2) is 39.6 Å². The SMILES string of the molecule is COC(=O)C1=Cc2ccc(F)cc2CN(S(=O)(=O)CC[Si](C)(C)C)C1c1ccccc1. The fourth-order valence-corrected chi connectivity index (χ4v) is 8.20. The van der Waals surface area contributed by atoms with Crippen molar-refractivity contribution in [3.63, 3.8) is 0 Å². The lowest BCUT2D eigenvalue weighted by Gasteiger charge is -2.31. The number of rotatable bonds is 6. The highest BCUT2D eigenvalue weighted by atomic mass is 32.2. The molecule has 166 valence electrons. The molecule has 0 radical (unpaired) electrons. The molecule has 5 nitrogen and oxygen atoms in total. The summed E-state index contributed by atoms with van der Waals surface area (Å²) in [5.74, 6) is -1.09. The number of fused-ring (bicyclic) bond motifs is 1. The van der Waals surface area contributed by atoms with Crippen molar-refractivity contribution in [2.24, 2.45) is 0 Å². The van der Waals surface area contributed by atoms with Gasteiger partial charge in [0.05, 0.1) is 24.5 Å². The average Bonchev–Trinajstić information content (AvgIpc) is 2.89. The van der Waals surface area contributed by atoms with Crippen LogP contribution in [0.15, 0.2) is 54.1 Å². The predicted octanol–water partition coefficient (Wildman–Crippen LogP) is 4.61. The third kappa shape index (κ3) is 5.50. The number of sulfonamides is 1. The van der Waals surface area contributed by atoms with Gasteiger partial charge in [0.1, 0.15) is 5.82 Å². The summed E-state index contributed by atoms with van der Waals surface area (Å²) >= 11 is 0. The molecule has 1 atom stereocenters. The Morgan fingerprint density at radius 3 is 2.45 bits per heavy atom. The summed E-state index contributed by atoms with van der Waals surface area (Å²) in [4.78, 5) is 12.8. The first-order valence-electron chi connectivity index (χ1n) is 10.1. The molecule has 1 heterocycles. The van der Waals surface area contributed by atoms with E-state index in [-0.39, 0.29) is 17.9 Å². The van der Waals surface area contributed by atoms with E-state index >= 15 is 0 Å². The first-order chi connectivity index (χ1) is 14.5.